The quantitative estimate of drug-likeness (QED) is 0.671. The van der Waals surface area contributed by atoms with Gasteiger partial charge in [0.2, 0.25) is 0 Å². The highest BCUT2D eigenvalue weighted by Gasteiger charge is 2.34. The molecule has 2 fully saturated rings. The molecular weight excluding hydrogens is 368 g/mol. The Morgan fingerprint density at radius 2 is 1.72 bits per heavy atom. The summed E-state index contributed by atoms with van der Waals surface area (Å²) in [6.45, 7) is 12.0. The van der Waals surface area contributed by atoms with Gasteiger partial charge >= 0.3 is 6.09 Å². The number of aryl methyl sites for hydroxylation is 1. The predicted octanol–water partition coefficient (Wildman–Crippen LogP) is 2.31. The normalized spacial score (nSPS) is 23.0. The maximum absolute atomic E-state index is 11.8. The first-order valence-electron chi connectivity index (χ1n) is 10.8. The molecule has 2 atom stereocenters. The Morgan fingerprint density at radius 1 is 1.10 bits per heavy atom. The molecule has 0 aromatic carbocycles. The van der Waals surface area contributed by atoms with Gasteiger partial charge in [-0.25, -0.2) is 4.79 Å². The number of morpholine rings is 2. The van der Waals surface area contributed by atoms with Crippen LogP contribution in [0.15, 0.2) is 24.5 Å². The molecule has 1 aromatic rings. The number of nitrogens with zero attached hydrogens (tertiary/aromatic N) is 3. The number of nitrogens with one attached hydrogen (secondary N) is 1. The number of carbonyl (C=O) groups is 1. The molecule has 29 heavy (non-hydrogen) atoms. The van der Waals surface area contributed by atoms with Crippen LogP contribution in [0.1, 0.15) is 39.2 Å². The molecule has 162 valence electrons. The molecule has 2 aliphatic rings. The molecular formula is C22H36N4O3. The molecule has 2 aliphatic heterocycles. The zero-order chi connectivity index (χ0) is 20.7. The zero-order valence-corrected chi connectivity index (χ0v) is 18.1. The SMILES string of the molecule is CC(C)(C)NC(=O)OCCN1CC2CN(CCCCc3ccncc3)CC(C1)O2. The van der Waals surface area contributed by atoms with E-state index in [4.69, 9.17) is 9.47 Å². The van der Waals surface area contributed by atoms with E-state index in [2.05, 4.69) is 32.2 Å². The van der Waals surface area contributed by atoms with Gasteiger partial charge in [-0.15, -0.1) is 0 Å². The predicted molar refractivity (Wildman–Crippen MR) is 113 cm³/mol. The first-order chi connectivity index (χ1) is 13.9. The largest absolute Gasteiger partial charge is 0.448 e. The van der Waals surface area contributed by atoms with Gasteiger partial charge in [-0.2, -0.15) is 0 Å². The second-order valence-electron chi connectivity index (χ2n) is 9.22. The lowest BCUT2D eigenvalue weighted by atomic mass is 10.1. The smallest absolute Gasteiger partial charge is 0.407 e. The summed E-state index contributed by atoms with van der Waals surface area (Å²) in [7, 11) is 0. The fraction of sp³-hybridized carbons (Fsp3) is 0.727. The number of hydrogen-bond donors (Lipinski definition) is 1. The molecule has 7 heteroatoms. The zero-order valence-electron chi connectivity index (χ0n) is 18.1. The Morgan fingerprint density at radius 3 is 2.34 bits per heavy atom. The van der Waals surface area contributed by atoms with Crippen molar-refractivity contribution in [1.82, 2.24) is 20.1 Å². The van der Waals surface area contributed by atoms with E-state index in [0.29, 0.717) is 6.61 Å². The molecule has 1 aromatic heterocycles. The number of aromatic nitrogens is 1. The first-order valence-corrected chi connectivity index (χ1v) is 10.8. The maximum Gasteiger partial charge on any atom is 0.407 e. The van der Waals surface area contributed by atoms with Crippen molar-refractivity contribution >= 4 is 6.09 Å². The molecule has 2 bridgehead atoms. The summed E-state index contributed by atoms with van der Waals surface area (Å²) in [5.41, 5.74) is 1.10. The van der Waals surface area contributed by atoms with Crippen LogP contribution < -0.4 is 5.32 Å². The summed E-state index contributed by atoms with van der Waals surface area (Å²) >= 11 is 0. The van der Waals surface area contributed by atoms with Gasteiger partial charge in [-0.05, 0) is 64.3 Å². The Labute approximate surface area is 174 Å². The lowest BCUT2D eigenvalue weighted by molar-refractivity contribution is -0.139. The van der Waals surface area contributed by atoms with E-state index in [1.54, 1.807) is 0 Å². The summed E-state index contributed by atoms with van der Waals surface area (Å²) in [6, 6.07) is 4.20. The van der Waals surface area contributed by atoms with Crippen molar-refractivity contribution < 1.29 is 14.3 Å². The average Bonchev–Trinajstić information content (AvgIpc) is 2.64. The van der Waals surface area contributed by atoms with Crippen molar-refractivity contribution in [3.8, 4) is 0 Å². The van der Waals surface area contributed by atoms with Gasteiger partial charge in [-0.3, -0.25) is 14.8 Å². The number of hydrogen-bond acceptors (Lipinski definition) is 6. The van der Waals surface area contributed by atoms with E-state index < -0.39 is 0 Å². The number of fused-ring (bicyclic) bond motifs is 2. The third-order valence-electron chi connectivity index (χ3n) is 5.29. The minimum absolute atomic E-state index is 0.256. The molecule has 3 rings (SSSR count). The van der Waals surface area contributed by atoms with Crippen LogP contribution in [-0.4, -0.2) is 84.5 Å². The van der Waals surface area contributed by atoms with Crippen LogP contribution in [0.2, 0.25) is 0 Å². The minimum atomic E-state index is -0.344. The number of rotatable bonds is 8. The fourth-order valence-electron chi connectivity index (χ4n) is 4.05. The molecule has 1 N–H and O–H groups in total. The second kappa shape index (κ2) is 10.4. The summed E-state index contributed by atoms with van der Waals surface area (Å²) in [4.78, 5) is 20.8. The van der Waals surface area contributed by atoms with Crippen molar-refractivity contribution in [3.05, 3.63) is 30.1 Å². The van der Waals surface area contributed by atoms with Crippen molar-refractivity contribution in [2.75, 3.05) is 45.9 Å². The minimum Gasteiger partial charge on any atom is -0.448 e. The van der Waals surface area contributed by atoms with Crippen molar-refractivity contribution in [2.45, 2.75) is 57.8 Å². The van der Waals surface area contributed by atoms with Crippen molar-refractivity contribution in [2.24, 2.45) is 0 Å². The van der Waals surface area contributed by atoms with Crippen molar-refractivity contribution in [1.29, 1.82) is 0 Å². The lowest BCUT2D eigenvalue weighted by Gasteiger charge is -2.45. The Kier molecular flexibility index (Phi) is 7.86. The van der Waals surface area contributed by atoms with Gasteiger partial charge in [0.25, 0.3) is 0 Å². The highest BCUT2D eigenvalue weighted by Crippen LogP contribution is 2.19. The van der Waals surface area contributed by atoms with Gasteiger partial charge in [-0.1, -0.05) is 0 Å². The fourth-order valence-corrected chi connectivity index (χ4v) is 4.05. The molecule has 3 heterocycles. The van der Waals surface area contributed by atoms with Gasteiger partial charge in [0.05, 0.1) is 12.2 Å². The third kappa shape index (κ3) is 7.91. The first kappa shape index (κ1) is 22.0. The summed E-state index contributed by atoms with van der Waals surface area (Å²) in [5, 5.41) is 2.82. The van der Waals surface area contributed by atoms with E-state index in [1.807, 2.05) is 33.2 Å². The number of alkyl carbamates (subject to hydrolysis) is 1. The van der Waals surface area contributed by atoms with Crippen LogP contribution in [0.5, 0.6) is 0 Å². The van der Waals surface area contributed by atoms with E-state index in [-0.39, 0.29) is 23.8 Å². The van der Waals surface area contributed by atoms with Crippen molar-refractivity contribution in [3.63, 3.8) is 0 Å². The molecule has 2 saturated heterocycles. The van der Waals surface area contributed by atoms with Crippen LogP contribution in [0.4, 0.5) is 4.79 Å². The van der Waals surface area contributed by atoms with Gasteiger partial charge in [0.15, 0.2) is 0 Å². The second-order valence-corrected chi connectivity index (χ2v) is 9.22. The molecule has 0 saturated carbocycles. The summed E-state index contributed by atoms with van der Waals surface area (Å²) in [5.74, 6) is 0. The van der Waals surface area contributed by atoms with E-state index in [1.165, 1.54) is 18.4 Å². The average molecular weight is 405 g/mol. The van der Waals surface area contributed by atoms with E-state index >= 15 is 0 Å². The molecule has 0 radical (unpaired) electrons. The molecule has 0 aliphatic carbocycles. The summed E-state index contributed by atoms with van der Waals surface area (Å²) < 4.78 is 11.5. The molecule has 7 nitrogen and oxygen atoms in total. The monoisotopic (exact) mass is 404 g/mol. The Hall–Kier alpha value is -1.70. The van der Waals surface area contributed by atoms with Crippen LogP contribution in [0, 0.1) is 0 Å². The molecule has 1 amide bonds. The van der Waals surface area contributed by atoms with Crippen LogP contribution in [0.25, 0.3) is 0 Å². The van der Waals surface area contributed by atoms with Gasteiger partial charge in [0.1, 0.15) is 6.61 Å². The lowest BCUT2D eigenvalue weighted by Crippen LogP contribution is -2.59. The number of carbonyl (C=O) groups excluding carboxylic acids is 1. The van der Waals surface area contributed by atoms with E-state index in [9.17, 15) is 4.79 Å². The highest BCUT2D eigenvalue weighted by atomic mass is 16.5. The van der Waals surface area contributed by atoms with Gasteiger partial charge in [0, 0.05) is 50.7 Å². The maximum atomic E-state index is 11.8. The number of amides is 1. The Balaban J connectivity index is 1.31. The topological polar surface area (TPSA) is 66.9 Å². The van der Waals surface area contributed by atoms with E-state index in [0.717, 1.165) is 45.7 Å². The van der Waals surface area contributed by atoms with Crippen LogP contribution >= 0.6 is 0 Å². The third-order valence-corrected chi connectivity index (χ3v) is 5.29. The number of ether oxygens (including phenoxy) is 2. The number of unbranched alkanes of at least 4 members (excludes halogenated alkanes) is 1. The van der Waals surface area contributed by atoms with Crippen LogP contribution in [0.3, 0.4) is 0 Å². The Bertz CT molecular complexity index is 621. The highest BCUT2D eigenvalue weighted by molar-refractivity contribution is 5.68. The standard InChI is InChI=1S/C22H36N4O3/c1-22(2,3)24-21(27)28-13-12-26-16-19-14-25(15-20(17-26)29-19)11-5-4-6-18-7-9-23-10-8-18/h7-10,19-20H,4-6,11-17H2,1-3H3,(H,24,27). The molecule has 0 spiro atoms. The van der Waals surface area contributed by atoms with Crippen LogP contribution in [-0.2, 0) is 15.9 Å². The summed E-state index contributed by atoms with van der Waals surface area (Å²) in [6.07, 6.45) is 7.44. The number of pyridine rings is 1. The molecule has 2 unspecified atom stereocenters. The van der Waals surface area contributed by atoms with Gasteiger partial charge < -0.3 is 14.8 Å².